The van der Waals surface area contributed by atoms with Crippen LogP contribution < -0.4 is 21.3 Å². The van der Waals surface area contributed by atoms with Crippen LogP contribution in [0, 0.1) is 0 Å². The van der Waals surface area contributed by atoms with Gasteiger partial charge in [0.15, 0.2) is 0 Å². The Bertz CT molecular complexity index is 788. The van der Waals surface area contributed by atoms with Gasteiger partial charge in [-0.15, -0.1) is 0 Å². The first-order valence-corrected chi connectivity index (χ1v) is 8.27. The van der Waals surface area contributed by atoms with E-state index in [2.05, 4.69) is 21.3 Å². The van der Waals surface area contributed by atoms with E-state index in [-0.39, 0.29) is 24.3 Å². The molecule has 0 saturated heterocycles. The molecule has 0 aliphatic rings. The summed E-state index contributed by atoms with van der Waals surface area (Å²) in [7, 11) is 1.56. The first kappa shape index (κ1) is 19.0. The second kappa shape index (κ2) is 9.22. The lowest BCUT2D eigenvalue weighted by Crippen LogP contribution is -2.22. The van der Waals surface area contributed by atoms with Gasteiger partial charge in [0.1, 0.15) is 0 Å². The molecule has 4 N–H and O–H groups in total. The number of anilines is 3. The third-order valence-corrected chi connectivity index (χ3v) is 3.58. The fraction of sp³-hybridized carbons (Fsp3) is 0.211. The van der Waals surface area contributed by atoms with Crippen molar-refractivity contribution in [1.29, 1.82) is 0 Å². The van der Waals surface area contributed by atoms with Crippen molar-refractivity contribution in [3.05, 3.63) is 54.1 Å². The standard InChI is InChI=1S/C19H22N4O3/c1-3-17(24)22-14-7-9-15(10-8-14)23-18(25)12-21-16-6-4-5-13(11-16)19(26)20-2/h4-11,21H,3,12H2,1-2H3,(H,20,26)(H,22,24)(H,23,25). The minimum atomic E-state index is -0.222. The summed E-state index contributed by atoms with van der Waals surface area (Å²) < 4.78 is 0. The summed E-state index contributed by atoms with van der Waals surface area (Å²) in [5.41, 5.74) is 2.51. The highest BCUT2D eigenvalue weighted by Gasteiger charge is 2.06. The molecule has 0 atom stereocenters. The SMILES string of the molecule is CCC(=O)Nc1ccc(NC(=O)CNc2cccc(C(=O)NC)c2)cc1. The quantitative estimate of drug-likeness (QED) is 0.614. The molecule has 136 valence electrons. The van der Waals surface area contributed by atoms with Gasteiger partial charge in [-0.3, -0.25) is 14.4 Å². The Hall–Kier alpha value is -3.35. The number of benzene rings is 2. The van der Waals surface area contributed by atoms with Crippen molar-refractivity contribution in [3.63, 3.8) is 0 Å². The van der Waals surface area contributed by atoms with Crippen molar-refractivity contribution in [2.24, 2.45) is 0 Å². The van der Waals surface area contributed by atoms with Crippen LogP contribution in [-0.4, -0.2) is 31.3 Å². The number of amides is 3. The number of carbonyl (C=O) groups excluding carboxylic acids is 3. The second-order valence-electron chi connectivity index (χ2n) is 5.54. The zero-order valence-corrected chi connectivity index (χ0v) is 14.8. The van der Waals surface area contributed by atoms with Crippen LogP contribution in [0.5, 0.6) is 0 Å². The van der Waals surface area contributed by atoms with Gasteiger partial charge in [-0.1, -0.05) is 13.0 Å². The zero-order valence-electron chi connectivity index (χ0n) is 14.8. The average Bonchev–Trinajstić information content (AvgIpc) is 2.67. The Morgan fingerprint density at radius 3 is 2.04 bits per heavy atom. The van der Waals surface area contributed by atoms with Crippen LogP contribution in [0.2, 0.25) is 0 Å². The van der Waals surface area contributed by atoms with E-state index in [0.29, 0.717) is 29.0 Å². The van der Waals surface area contributed by atoms with Crippen LogP contribution in [0.15, 0.2) is 48.5 Å². The summed E-state index contributed by atoms with van der Waals surface area (Å²) in [4.78, 5) is 35.0. The van der Waals surface area contributed by atoms with Crippen LogP contribution in [0.3, 0.4) is 0 Å². The molecule has 0 heterocycles. The molecule has 7 nitrogen and oxygen atoms in total. The Morgan fingerprint density at radius 1 is 0.846 bits per heavy atom. The smallest absolute Gasteiger partial charge is 0.251 e. The molecule has 0 unspecified atom stereocenters. The minimum Gasteiger partial charge on any atom is -0.376 e. The lowest BCUT2D eigenvalue weighted by atomic mass is 10.2. The molecule has 26 heavy (non-hydrogen) atoms. The van der Waals surface area contributed by atoms with Crippen molar-refractivity contribution in [2.75, 3.05) is 29.5 Å². The second-order valence-corrected chi connectivity index (χ2v) is 5.54. The molecule has 0 aromatic heterocycles. The summed E-state index contributed by atoms with van der Waals surface area (Å²) in [6, 6.07) is 13.8. The molecule has 2 rings (SSSR count). The van der Waals surface area contributed by atoms with E-state index in [1.54, 1.807) is 62.5 Å². The number of carbonyl (C=O) groups is 3. The first-order valence-electron chi connectivity index (χ1n) is 8.27. The molecule has 0 radical (unpaired) electrons. The van der Waals surface area contributed by atoms with Gasteiger partial charge in [-0.2, -0.15) is 0 Å². The van der Waals surface area contributed by atoms with Gasteiger partial charge in [0, 0.05) is 36.1 Å². The van der Waals surface area contributed by atoms with Crippen LogP contribution in [0.1, 0.15) is 23.7 Å². The Balaban J connectivity index is 1.87. The van der Waals surface area contributed by atoms with Gasteiger partial charge >= 0.3 is 0 Å². The van der Waals surface area contributed by atoms with E-state index < -0.39 is 0 Å². The molecule has 2 aromatic rings. The summed E-state index contributed by atoms with van der Waals surface area (Å²) in [6.45, 7) is 1.84. The maximum atomic E-state index is 12.0. The fourth-order valence-corrected chi connectivity index (χ4v) is 2.19. The Labute approximate surface area is 152 Å². The Morgan fingerprint density at radius 2 is 1.46 bits per heavy atom. The number of hydrogen-bond acceptors (Lipinski definition) is 4. The molecule has 7 heteroatoms. The highest BCUT2D eigenvalue weighted by atomic mass is 16.2. The molecular weight excluding hydrogens is 332 g/mol. The van der Waals surface area contributed by atoms with Crippen molar-refractivity contribution >= 4 is 34.8 Å². The van der Waals surface area contributed by atoms with Crippen molar-refractivity contribution in [3.8, 4) is 0 Å². The van der Waals surface area contributed by atoms with Crippen LogP contribution in [0.4, 0.5) is 17.1 Å². The molecule has 0 fully saturated rings. The zero-order chi connectivity index (χ0) is 18.9. The predicted octanol–water partition coefficient (Wildman–Crippen LogP) is 2.45. The third-order valence-electron chi connectivity index (χ3n) is 3.58. The first-order chi connectivity index (χ1) is 12.5. The molecule has 0 spiro atoms. The summed E-state index contributed by atoms with van der Waals surface area (Å²) in [5.74, 6) is -0.473. The van der Waals surface area contributed by atoms with Gasteiger partial charge < -0.3 is 21.3 Å². The maximum Gasteiger partial charge on any atom is 0.251 e. The Kier molecular flexibility index (Phi) is 6.73. The van der Waals surface area contributed by atoms with Crippen LogP contribution in [0.25, 0.3) is 0 Å². The van der Waals surface area contributed by atoms with E-state index in [0.717, 1.165) is 0 Å². The highest BCUT2D eigenvalue weighted by Crippen LogP contribution is 2.14. The van der Waals surface area contributed by atoms with Gasteiger partial charge in [0.25, 0.3) is 5.91 Å². The maximum absolute atomic E-state index is 12.0. The summed E-state index contributed by atoms with van der Waals surface area (Å²) in [6.07, 6.45) is 0.408. The van der Waals surface area contributed by atoms with E-state index >= 15 is 0 Å². The molecular formula is C19H22N4O3. The fourth-order valence-electron chi connectivity index (χ4n) is 2.19. The minimum absolute atomic E-state index is 0.0610. The van der Waals surface area contributed by atoms with Crippen molar-refractivity contribution in [2.45, 2.75) is 13.3 Å². The summed E-state index contributed by atoms with van der Waals surface area (Å²) in [5, 5.41) is 11.0. The van der Waals surface area contributed by atoms with E-state index in [1.807, 2.05) is 0 Å². The molecule has 0 aliphatic carbocycles. The van der Waals surface area contributed by atoms with Crippen molar-refractivity contribution in [1.82, 2.24) is 5.32 Å². The largest absolute Gasteiger partial charge is 0.376 e. The molecule has 0 saturated carbocycles. The normalized spacial score (nSPS) is 9.92. The predicted molar refractivity (Wildman–Crippen MR) is 102 cm³/mol. The van der Waals surface area contributed by atoms with E-state index in [9.17, 15) is 14.4 Å². The molecule has 2 aromatic carbocycles. The lowest BCUT2D eigenvalue weighted by Gasteiger charge is -2.10. The highest BCUT2D eigenvalue weighted by molar-refractivity contribution is 5.96. The number of nitrogens with one attached hydrogen (secondary N) is 4. The van der Waals surface area contributed by atoms with Gasteiger partial charge in [-0.05, 0) is 42.5 Å². The van der Waals surface area contributed by atoms with Crippen LogP contribution >= 0.6 is 0 Å². The summed E-state index contributed by atoms with van der Waals surface area (Å²) >= 11 is 0. The molecule has 0 bridgehead atoms. The topological polar surface area (TPSA) is 99.3 Å². The number of rotatable bonds is 7. The van der Waals surface area contributed by atoms with Crippen molar-refractivity contribution < 1.29 is 14.4 Å². The lowest BCUT2D eigenvalue weighted by molar-refractivity contribution is -0.116. The van der Waals surface area contributed by atoms with Gasteiger partial charge in [-0.25, -0.2) is 0 Å². The van der Waals surface area contributed by atoms with Gasteiger partial charge in [0.2, 0.25) is 11.8 Å². The monoisotopic (exact) mass is 354 g/mol. The van der Waals surface area contributed by atoms with Crippen LogP contribution in [-0.2, 0) is 9.59 Å². The molecule has 3 amide bonds. The van der Waals surface area contributed by atoms with E-state index in [4.69, 9.17) is 0 Å². The average molecular weight is 354 g/mol. The molecule has 0 aliphatic heterocycles. The number of hydrogen-bond donors (Lipinski definition) is 4. The third kappa shape index (κ3) is 5.62. The van der Waals surface area contributed by atoms with Gasteiger partial charge in [0.05, 0.1) is 6.54 Å². The van der Waals surface area contributed by atoms with E-state index in [1.165, 1.54) is 0 Å².